The number of methoxy groups -OCH3 is 2. The molecule has 1 saturated heterocycles. The summed E-state index contributed by atoms with van der Waals surface area (Å²) in [5.41, 5.74) is 0.220. The van der Waals surface area contributed by atoms with Gasteiger partial charge in [-0.25, -0.2) is 4.79 Å². The second kappa shape index (κ2) is 10.3. The van der Waals surface area contributed by atoms with Gasteiger partial charge in [-0.2, -0.15) is 0 Å². The Morgan fingerprint density at radius 1 is 1.30 bits per heavy atom. The molecule has 30 heavy (non-hydrogen) atoms. The summed E-state index contributed by atoms with van der Waals surface area (Å²) in [4.78, 5) is 38.2. The molecule has 0 saturated carbocycles. The lowest BCUT2D eigenvalue weighted by molar-refractivity contribution is -0.139. The first-order valence-electron chi connectivity index (χ1n) is 10.1. The second-order valence-corrected chi connectivity index (χ2v) is 8.40. The lowest BCUT2D eigenvalue weighted by Gasteiger charge is -2.33. The average molecular weight is 421 g/mol. The van der Waals surface area contributed by atoms with E-state index in [1.807, 2.05) is 12.1 Å². The van der Waals surface area contributed by atoms with Gasteiger partial charge in [-0.05, 0) is 52.2 Å². The first-order valence-corrected chi connectivity index (χ1v) is 10.1. The summed E-state index contributed by atoms with van der Waals surface area (Å²) in [5, 5.41) is 2.55. The molecule has 166 valence electrons. The number of ether oxygens (including phenoxy) is 3. The Kier molecular flexibility index (Phi) is 8.08. The van der Waals surface area contributed by atoms with Gasteiger partial charge in [-0.1, -0.05) is 0 Å². The zero-order chi connectivity index (χ0) is 22.3. The Morgan fingerprint density at radius 3 is 2.63 bits per heavy atom. The van der Waals surface area contributed by atoms with Crippen LogP contribution in [0, 0.1) is 5.92 Å². The van der Waals surface area contributed by atoms with Crippen molar-refractivity contribution in [2.24, 2.45) is 5.92 Å². The van der Waals surface area contributed by atoms with E-state index in [-0.39, 0.29) is 18.2 Å². The molecule has 0 aliphatic carbocycles. The predicted molar refractivity (Wildman–Crippen MR) is 112 cm³/mol. The van der Waals surface area contributed by atoms with Crippen molar-refractivity contribution in [2.45, 2.75) is 58.2 Å². The van der Waals surface area contributed by atoms with Gasteiger partial charge in [-0.3, -0.25) is 4.79 Å². The van der Waals surface area contributed by atoms with Crippen LogP contribution in [0.25, 0.3) is 0 Å². The Morgan fingerprint density at radius 2 is 2.03 bits per heavy atom. The van der Waals surface area contributed by atoms with Gasteiger partial charge in [0.15, 0.2) is 0 Å². The number of rotatable bonds is 8. The number of piperidine rings is 1. The van der Waals surface area contributed by atoms with Crippen LogP contribution in [0.2, 0.25) is 0 Å². The number of carbonyl (C=O) groups is 3. The number of amides is 2. The molecule has 1 aliphatic heterocycles. The normalized spacial score (nSPS) is 17.8. The molecule has 1 N–H and O–H groups in total. The largest absolute Gasteiger partial charge is 0.497 e. The minimum atomic E-state index is -0.774. The lowest BCUT2D eigenvalue weighted by atomic mass is 9.90. The zero-order valence-corrected chi connectivity index (χ0v) is 18.4. The third-order valence-electron chi connectivity index (χ3n) is 4.90. The summed E-state index contributed by atoms with van der Waals surface area (Å²) < 4.78 is 15.9. The second-order valence-electron chi connectivity index (χ2n) is 8.40. The monoisotopic (exact) mass is 420 g/mol. The highest BCUT2D eigenvalue weighted by molar-refractivity contribution is 5.81. The van der Waals surface area contributed by atoms with Crippen molar-refractivity contribution in [1.29, 1.82) is 0 Å². The summed E-state index contributed by atoms with van der Waals surface area (Å²) in [5.74, 6) is 0.965. The number of benzene rings is 1. The molecule has 0 unspecified atom stereocenters. The molecule has 8 nitrogen and oxygen atoms in total. The molecule has 2 amide bonds. The van der Waals surface area contributed by atoms with Crippen LogP contribution in [0.15, 0.2) is 18.2 Å². The fourth-order valence-electron chi connectivity index (χ4n) is 3.50. The Hall–Kier alpha value is -2.77. The summed E-state index contributed by atoms with van der Waals surface area (Å²) in [6.07, 6.45) is 1.74. The lowest BCUT2D eigenvalue weighted by Crippen LogP contribution is -2.45. The summed E-state index contributed by atoms with van der Waals surface area (Å²) in [6, 6.07) is 4.72. The zero-order valence-electron chi connectivity index (χ0n) is 18.4. The van der Waals surface area contributed by atoms with Gasteiger partial charge < -0.3 is 29.2 Å². The van der Waals surface area contributed by atoms with Crippen LogP contribution in [-0.4, -0.2) is 55.6 Å². The molecule has 2 atom stereocenters. The number of alkyl carbamates (subject to hydrolysis) is 1. The first kappa shape index (κ1) is 23.5. The third-order valence-corrected chi connectivity index (χ3v) is 4.90. The molecule has 8 heteroatoms. The van der Waals surface area contributed by atoms with Gasteiger partial charge in [0.1, 0.15) is 23.4 Å². The van der Waals surface area contributed by atoms with E-state index in [1.54, 1.807) is 46.0 Å². The number of nitrogens with zero attached hydrogens (tertiary/aromatic N) is 1. The van der Waals surface area contributed by atoms with Crippen molar-refractivity contribution in [2.75, 3.05) is 20.8 Å². The molecule has 0 radical (unpaired) electrons. The molecule has 1 heterocycles. The maximum Gasteiger partial charge on any atom is 0.408 e. The van der Waals surface area contributed by atoms with Crippen molar-refractivity contribution >= 4 is 18.3 Å². The first-order chi connectivity index (χ1) is 14.2. The number of likely N-dealkylation sites (tertiary alicyclic amines) is 1. The topological polar surface area (TPSA) is 94.2 Å². The highest BCUT2D eigenvalue weighted by Gasteiger charge is 2.32. The smallest absolute Gasteiger partial charge is 0.408 e. The van der Waals surface area contributed by atoms with Crippen LogP contribution in [0.1, 0.15) is 45.6 Å². The molecular formula is C22H32N2O6. The maximum atomic E-state index is 13.0. The fourth-order valence-corrected chi connectivity index (χ4v) is 3.50. The van der Waals surface area contributed by atoms with Gasteiger partial charge in [0.2, 0.25) is 5.91 Å². The van der Waals surface area contributed by atoms with E-state index in [9.17, 15) is 14.4 Å². The highest BCUT2D eigenvalue weighted by Crippen LogP contribution is 2.29. The number of hydrogen-bond donors (Lipinski definition) is 1. The third kappa shape index (κ3) is 6.64. The highest BCUT2D eigenvalue weighted by atomic mass is 16.6. The van der Waals surface area contributed by atoms with Crippen molar-refractivity contribution in [3.05, 3.63) is 23.8 Å². The van der Waals surface area contributed by atoms with E-state index in [0.29, 0.717) is 37.3 Å². The van der Waals surface area contributed by atoms with Gasteiger partial charge in [-0.15, -0.1) is 0 Å². The summed E-state index contributed by atoms with van der Waals surface area (Å²) >= 11 is 0. The molecule has 1 aromatic rings. The quantitative estimate of drug-likeness (QED) is 0.650. The Labute approximate surface area is 177 Å². The van der Waals surface area contributed by atoms with Crippen LogP contribution >= 0.6 is 0 Å². The van der Waals surface area contributed by atoms with Crippen molar-refractivity contribution in [1.82, 2.24) is 10.2 Å². The van der Waals surface area contributed by atoms with Gasteiger partial charge in [0.05, 0.1) is 20.3 Å². The molecule has 1 aliphatic rings. The molecule has 0 spiro atoms. The van der Waals surface area contributed by atoms with Crippen molar-refractivity contribution in [3.8, 4) is 11.5 Å². The van der Waals surface area contributed by atoms with Crippen LogP contribution in [0.3, 0.4) is 0 Å². The molecule has 1 fully saturated rings. The number of carbonyl (C=O) groups excluding carboxylic acids is 3. The van der Waals surface area contributed by atoms with Gasteiger partial charge in [0, 0.05) is 30.6 Å². The summed E-state index contributed by atoms with van der Waals surface area (Å²) in [7, 11) is 3.16. The fraction of sp³-hybridized carbons (Fsp3) is 0.591. The predicted octanol–water partition coefficient (Wildman–Crippen LogP) is 2.92. The minimum absolute atomic E-state index is 0.0306. The van der Waals surface area contributed by atoms with E-state index in [4.69, 9.17) is 14.2 Å². The standard InChI is InChI=1S/C22H32N2O6/c1-22(2,3)30-21(27)23-17(14-25)11-15-7-6-10-24(20(15)26)13-16-8-9-18(28-4)12-19(16)29-5/h8-9,12,14-15,17H,6-7,10-11,13H2,1-5H3,(H,23,27)/t15-,17-/m0/s1. The number of aldehydes is 1. The van der Waals surface area contributed by atoms with Crippen molar-refractivity contribution < 1.29 is 28.6 Å². The van der Waals surface area contributed by atoms with E-state index in [2.05, 4.69) is 5.32 Å². The number of hydrogen-bond acceptors (Lipinski definition) is 6. The molecule has 1 aromatic carbocycles. The van der Waals surface area contributed by atoms with E-state index < -0.39 is 17.7 Å². The number of nitrogens with one attached hydrogen (secondary N) is 1. The van der Waals surface area contributed by atoms with E-state index in [0.717, 1.165) is 12.0 Å². The minimum Gasteiger partial charge on any atom is -0.497 e. The van der Waals surface area contributed by atoms with Crippen LogP contribution < -0.4 is 14.8 Å². The Bertz CT molecular complexity index is 758. The molecule has 2 rings (SSSR count). The summed E-state index contributed by atoms with van der Waals surface area (Å²) in [6.45, 7) is 6.29. The van der Waals surface area contributed by atoms with Crippen molar-refractivity contribution in [3.63, 3.8) is 0 Å². The average Bonchev–Trinajstić information content (AvgIpc) is 2.69. The van der Waals surface area contributed by atoms with Crippen LogP contribution in [0.5, 0.6) is 11.5 Å². The van der Waals surface area contributed by atoms with E-state index in [1.165, 1.54) is 0 Å². The van der Waals surface area contributed by atoms with Gasteiger partial charge >= 0.3 is 6.09 Å². The van der Waals surface area contributed by atoms with Gasteiger partial charge in [0.25, 0.3) is 0 Å². The molecular weight excluding hydrogens is 388 g/mol. The SMILES string of the molecule is COc1ccc(CN2CCC[C@@H](C[C@@H](C=O)NC(=O)OC(C)(C)C)C2=O)c(OC)c1. The molecule has 0 bridgehead atoms. The van der Waals surface area contributed by atoms with Crippen LogP contribution in [0.4, 0.5) is 4.79 Å². The molecule has 0 aromatic heterocycles. The maximum absolute atomic E-state index is 13.0. The van der Waals surface area contributed by atoms with E-state index >= 15 is 0 Å². The Balaban J connectivity index is 2.02. The van der Waals surface area contributed by atoms with Crippen LogP contribution in [-0.2, 0) is 20.9 Å².